The number of nitro benzene ring substituents is 1. The molecule has 0 N–H and O–H groups in total. The first-order valence-electron chi connectivity index (χ1n) is 9.30. The van der Waals surface area contributed by atoms with Crippen molar-refractivity contribution < 1.29 is 9.45 Å². The lowest BCUT2D eigenvalue weighted by atomic mass is 9.95. The Bertz CT molecular complexity index is 1010. The fourth-order valence-electron chi connectivity index (χ4n) is 3.88. The molecule has 2 aromatic heterocycles. The van der Waals surface area contributed by atoms with Crippen LogP contribution in [0.4, 0.5) is 11.4 Å². The first-order valence-corrected chi connectivity index (χ1v) is 9.30. The zero-order chi connectivity index (χ0) is 18.4. The van der Waals surface area contributed by atoms with Gasteiger partial charge in [0.25, 0.3) is 5.69 Å². The summed E-state index contributed by atoms with van der Waals surface area (Å²) in [5.41, 5.74) is 1.11. The highest BCUT2D eigenvalue weighted by atomic mass is 16.6. The van der Waals surface area contributed by atoms with Crippen LogP contribution >= 0.6 is 0 Å². The summed E-state index contributed by atoms with van der Waals surface area (Å²) in [6, 6.07) is 5.28. The lowest BCUT2D eigenvalue weighted by molar-refractivity contribution is -0.383. The van der Waals surface area contributed by atoms with Crippen molar-refractivity contribution >= 4 is 22.1 Å². The van der Waals surface area contributed by atoms with E-state index >= 15 is 0 Å². The quantitative estimate of drug-likeness (QED) is 0.512. The van der Waals surface area contributed by atoms with Crippen molar-refractivity contribution in [1.29, 1.82) is 0 Å². The number of piperidine rings is 1. The van der Waals surface area contributed by atoms with E-state index < -0.39 is 0 Å². The van der Waals surface area contributed by atoms with Crippen LogP contribution in [0.25, 0.3) is 10.8 Å². The summed E-state index contributed by atoms with van der Waals surface area (Å²) in [5.74, 6) is 2.41. The minimum absolute atomic E-state index is 0.0936. The molecule has 1 aliphatic carbocycles. The van der Waals surface area contributed by atoms with Crippen molar-refractivity contribution in [1.82, 2.24) is 15.1 Å². The zero-order valence-corrected chi connectivity index (χ0v) is 14.7. The first kappa shape index (κ1) is 16.2. The van der Waals surface area contributed by atoms with E-state index in [9.17, 15) is 10.1 Å². The smallest absolute Gasteiger partial charge is 0.278 e. The van der Waals surface area contributed by atoms with Crippen LogP contribution in [0.3, 0.4) is 0 Å². The van der Waals surface area contributed by atoms with E-state index in [0.717, 1.165) is 61.6 Å². The van der Waals surface area contributed by atoms with Crippen LogP contribution in [0.15, 0.2) is 35.1 Å². The Balaban J connectivity index is 1.37. The third-order valence-corrected chi connectivity index (χ3v) is 5.55. The maximum absolute atomic E-state index is 11.3. The Morgan fingerprint density at radius 2 is 1.89 bits per heavy atom. The summed E-state index contributed by atoms with van der Waals surface area (Å²) in [6.07, 6.45) is 7.44. The van der Waals surface area contributed by atoms with E-state index in [1.165, 1.54) is 0 Å². The Labute approximate surface area is 155 Å². The molecule has 2 aliphatic rings. The molecule has 2 fully saturated rings. The SMILES string of the molecule is O=[N+]([O-])c1ccc(N2CCC(c3noc(C4CC4)n3)CC2)c2ccncc12. The highest BCUT2D eigenvalue weighted by Crippen LogP contribution is 2.40. The molecular weight excluding hydrogens is 346 g/mol. The molecule has 1 aliphatic heterocycles. The van der Waals surface area contributed by atoms with Gasteiger partial charge in [-0.25, -0.2) is 0 Å². The maximum Gasteiger partial charge on any atom is 0.278 e. The summed E-state index contributed by atoms with van der Waals surface area (Å²) in [7, 11) is 0. The van der Waals surface area contributed by atoms with E-state index in [0.29, 0.717) is 17.2 Å². The van der Waals surface area contributed by atoms with Gasteiger partial charge in [-0.15, -0.1) is 0 Å². The van der Waals surface area contributed by atoms with Crippen LogP contribution in [0.5, 0.6) is 0 Å². The molecule has 0 amide bonds. The van der Waals surface area contributed by atoms with Crippen LogP contribution in [-0.2, 0) is 0 Å². The van der Waals surface area contributed by atoms with Gasteiger partial charge in [0.15, 0.2) is 5.82 Å². The second-order valence-corrected chi connectivity index (χ2v) is 7.31. The van der Waals surface area contributed by atoms with Gasteiger partial charge in [-0.05, 0) is 37.8 Å². The molecule has 0 atom stereocenters. The third-order valence-electron chi connectivity index (χ3n) is 5.55. The second-order valence-electron chi connectivity index (χ2n) is 7.31. The van der Waals surface area contributed by atoms with Crippen LogP contribution in [0.2, 0.25) is 0 Å². The fourth-order valence-corrected chi connectivity index (χ4v) is 3.88. The van der Waals surface area contributed by atoms with Gasteiger partial charge in [-0.2, -0.15) is 4.98 Å². The third kappa shape index (κ3) is 2.90. The van der Waals surface area contributed by atoms with Gasteiger partial charge in [0.05, 0.1) is 10.3 Å². The van der Waals surface area contributed by atoms with E-state index in [2.05, 4.69) is 20.0 Å². The molecule has 0 radical (unpaired) electrons. The fraction of sp³-hybridized carbons (Fsp3) is 0.421. The van der Waals surface area contributed by atoms with Gasteiger partial charge in [-0.1, -0.05) is 5.16 Å². The largest absolute Gasteiger partial charge is 0.371 e. The lowest BCUT2D eigenvalue weighted by Crippen LogP contribution is -2.33. The lowest BCUT2D eigenvalue weighted by Gasteiger charge is -2.33. The molecule has 8 nitrogen and oxygen atoms in total. The molecule has 1 aromatic carbocycles. The van der Waals surface area contributed by atoms with Gasteiger partial charge in [-0.3, -0.25) is 15.1 Å². The van der Waals surface area contributed by atoms with Gasteiger partial charge >= 0.3 is 0 Å². The highest BCUT2D eigenvalue weighted by molar-refractivity contribution is 5.99. The minimum atomic E-state index is -0.353. The summed E-state index contributed by atoms with van der Waals surface area (Å²) >= 11 is 0. The molecule has 27 heavy (non-hydrogen) atoms. The molecule has 138 valence electrons. The maximum atomic E-state index is 11.3. The zero-order valence-electron chi connectivity index (χ0n) is 14.7. The number of nitro groups is 1. The normalized spacial score (nSPS) is 18.1. The molecule has 0 bridgehead atoms. The molecule has 0 spiro atoms. The predicted molar refractivity (Wildman–Crippen MR) is 98.9 cm³/mol. The van der Waals surface area contributed by atoms with E-state index in [-0.39, 0.29) is 10.6 Å². The molecule has 3 aromatic rings. The molecule has 0 unspecified atom stereocenters. The van der Waals surface area contributed by atoms with Crippen molar-refractivity contribution in [2.24, 2.45) is 0 Å². The number of benzene rings is 1. The van der Waals surface area contributed by atoms with E-state index in [1.54, 1.807) is 18.5 Å². The van der Waals surface area contributed by atoms with Gasteiger partial charge in [0.1, 0.15) is 0 Å². The average molecular weight is 365 g/mol. The van der Waals surface area contributed by atoms with Crippen LogP contribution in [0.1, 0.15) is 49.2 Å². The highest BCUT2D eigenvalue weighted by Gasteiger charge is 2.32. The molecule has 3 heterocycles. The van der Waals surface area contributed by atoms with Crippen molar-refractivity contribution in [2.75, 3.05) is 18.0 Å². The number of rotatable bonds is 4. The van der Waals surface area contributed by atoms with E-state index in [1.807, 2.05) is 12.1 Å². The first-order chi connectivity index (χ1) is 13.2. The van der Waals surface area contributed by atoms with Crippen molar-refractivity contribution in [2.45, 2.75) is 37.5 Å². The number of anilines is 1. The summed E-state index contributed by atoms with van der Waals surface area (Å²) in [4.78, 5) is 21.9. The number of aromatic nitrogens is 3. The summed E-state index contributed by atoms with van der Waals surface area (Å²) in [6.45, 7) is 1.71. The Morgan fingerprint density at radius 3 is 2.63 bits per heavy atom. The van der Waals surface area contributed by atoms with Crippen LogP contribution in [-0.4, -0.2) is 33.1 Å². The average Bonchev–Trinajstić information content (AvgIpc) is 3.44. The summed E-state index contributed by atoms with van der Waals surface area (Å²) in [5, 5.41) is 16.9. The Hall–Kier alpha value is -3.03. The number of non-ortho nitro benzene ring substituents is 1. The molecular formula is C19H19N5O3. The molecule has 5 rings (SSSR count). The van der Waals surface area contributed by atoms with Gasteiger partial charge in [0, 0.05) is 54.5 Å². The van der Waals surface area contributed by atoms with Crippen LogP contribution in [0, 0.1) is 10.1 Å². The second kappa shape index (κ2) is 6.29. The van der Waals surface area contributed by atoms with E-state index in [4.69, 9.17) is 4.52 Å². The topological polar surface area (TPSA) is 98.2 Å². The van der Waals surface area contributed by atoms with Gasteiger partial charge in [0.2, 0.25) is 5.89 Å². The van der Waals surface area contributed by atoms with Crippen molar-refractivity contribution in [3.05, 3.63) is 52.4 Å². The van der Waals surface area contributed by atoms with Gasteiger partial charge < -0.3 is 9.42 Å². The molecule has 8 heteroatoms. The molecule has 1 saturated heterocycles. The number of hydrogen-bond donors (Lipinski definition) is 0. The van der Waals surface area contributed by atoms with Crippen LogP contribution < -0.4 is 4.90 Å². The van der Waals surface area contributed by atoms with Crippen molar-refractivity contribution in [3.63, 3.8) is 0 Å². The minimum Gasteiger partial charge on any atom is -0.371 e. The van der Waals surface area contributed by atoms with Crippen molar-refractivity contribution in [3.8, 4) is 0 Å². The Kier molecular flexibility index (Phi) is 3.77. The number of fused-ring (bicyclic) bond motifs is 1. The predicted octanol–water partition coefficient (Wildman–Crippen LogP) is 3.79. The number of pyridine rings is 1. The Morgan fingerprint density at radius 1 is 1.07 bits per heavy atom. The molecule has 1 saturated carbocycles. The number of nitrogens with zero attached hydrogens (tertiary/aromatic N) is 5. The summed E-state index contributed by atoms with van der Waals surface area (Å²) < 4.78 is 5.40. The monoisotopic (exact) mass is 365 g/mol. The standard InChI is InChI=1S/C19H19N5O3/c25-24(26)17-4-3-16(14-5-8-20-11-15(14)17)23-9-6-12(7-10-23)18-21-19(27-22-18)13-1-2-13/h3-5,8,11-13H,1-2,6-7,9-10H2. The number of hydrogen-bond acceptors (Lipinski definition) is 7.